The van der Waals surface area contributed by atoms with Crippen molar-refractivity contribution >= 4 is 5.96 Å². The van der Waals surface area contributed by atoms with Crippen LogP contribution >= 0.6 is 0 Å². The van der Waals surface area contributed by atoms with Gasteiger partial charge in [0.1, 0.15) is 0 Å². The van der Waals surface area contributed by atoms with Gasteiger partial charge in [0, 0.05) is 38.6 Å². The summed E-state index contributed by atoms with van der Waals surface area (Å²) in [5.41, 5.74) is 3.14. The quantitative estimate of drug-likeness (QED) is 0.409. The molecular formula is C21H32N6O. The maximum Gasteiger partial charge on any atom is 0.194 e. The molecule has 2 aromatic heterocycles. The summed E-state index contributed by atoms with van der Waals surface area (Å²) in [4.78, 5) is 11.4. The number of aliphatic imine (C=N–C) groups is 1. The van der Waals surface area contributed by atoms with Gasteiger partial charge in [0.25, 0.3) is 0 Å². The topological polar surface area (TPSA) is 67.6 Å². The highest BCUT2D eigenvalue weighted by atomic mass is 16.5. The molecule has 0 spiro atoms. The summed E-state index contributed by atoms with van der Waals surface area (Å²) in [7, 11) is 2.05. The van der Waals surface area contributed by atoms with Gasteiger partial charge in [-0.25, -0.2) is 14.7 Å². The summed E-state index contributed by atoms with van der Waals surface area (Å²) in [6.45, 7) is 9.98. The molecule has 1 aliphatic carbocycles. The predicted molar refractivity (Wildman–Crippen MR) is 112 cm³/mol. The van der Waals surface area contributed by atoms with Crippen LogP contribution in [0.1, 0.15) is 36.7 Å². The Morgan fingerprint density at radius 1 is 1.36 bits per heavy atom. The first-order chi connectivity index (χ1) is 13.6. The number of nitrogens with one attached hydrogen (secondary N) is 1. The lowest BCUT2D eigenvalue weighted by atomic mass is 10.3. The number of hydrogen-bond acceptors (Lipinski definition) is 4. The molecule has 0 aromatic carbocycles. The van der Waals surface area contributed by atoms with Crippen LogP contribution in [0.3, 0.4) is 0 Å². The van der Waals surface area contributed by atoms with Crippen molar-refractivity contribution in [1.29, 1.82) is 0 Å². The van der Waals surface area contributed by atoms with Crippen LogP contribution in [0, 0.1) is 19.8 Å². The minimum Gasteiger partial charge on any atom is -0.379 e. The van der Waals surface area contributed by atoms with E-state index in [4.69, 9.17) is 9.73 Å². The van der Waals surface area contributed by atoms with E-state index in [2.05, 4.69) is 33.3 Å². The molecule has 1 saturated carbocycles. The normalized spacial score (nSPS) is 14.4. The van der Waals surface area contributed by atoms with Crippen molar-refractivity contribution in [1.82, 2.24) is 25.0 Å². The standard InChI is InChI=1S/C21H32N6O/c1-5-22-21(26(4)10-11-28-15-18-6-7-18)24-14-19-8-9-20(23-13-19)27-17(3)12-16(2)25-27/h8-9,12-13,18H,5-7,10-11,14-15H2,1-4H3,(H,22,24). The van der Waals surface area contributed by atoms with E-state index in [9.17, 15) is 0 Å². The van der Waals surface area contributed by atoms with E-state index >= 15 is 0 Å². The summed E-state index contributed by atoms with van der Waals surface area (Å²) in [5.74, 6) is 2.52. The van der Waals surface area contributed by atoms with Gasteiger partial charge >= 0.3 is 0 Å². The van der Waals surface area contributed by atoms with E-state index in [0.29, 0.717) is 6.54 Å². The molecular weight excluding hydrogens is 352 g/mol. The highest BCUT2D eigenvalue weighted by Gasteiger charge is 2.21. The second-order valence-electron chi connectivity index (χ2n) is 7.47. The molecule has 3 rings (SSSR count). The van der Waals surface area contributed by atoms with Gasteiger partial charge in [-0.1, -0.05) is 6.07 Å². The third kappa shape index (κ3) is 5.79. The molecule has 0 saturated heterocycles. The summed E-state index contributed by atoms with van der Waals surface area (Å²) < 4.78 is 7.61. The molecule has 0 unspecified atom stereocenters. The van der Waals surface area contributed by atoms with Gasteiger partial charge < -0.3 is 15.0 Å². The minimum atomic E-state index is 0.583. The van der Waals surface area contributed by atoms with Crippen LogP contribution in [0.4, 0.5) is 0 Å². The number of ether oxygens (including phenoxy) is 1. The fourth-order valence-electron chi connectivity index (χ4n) is 2.97. The van der Waals surface area contributed by atoms with Crippen molar-refractivity contribution < 1.29 is 4.74 Å². The molecule has 1 N–H and O–H groups in total. The maximum atomic E-state index is 5.74. The molecule has 0 radical (unpaired) electrons. The zero-order valence-electron chi connectivity index (χ0n) is 17.5. The Labute approximate surface area is 167 Å². The number of guanidine groups is 1. The zero-order chi connectivity index (χ0) is 19.9. The monoisotopic (exact) mass is 384 g/mol. The van der Waals surface area contributed by atoms with Crippen LogP contribution in [-0.4, -0.2) is 59.0 Å². The maximum absolute atomic E-state index is 5.74. The third-order valence-electron chi connectivity index (χ3n) is 4.77. The fourth-order valence-corrected chi connectivity index (χ4v) is 2.97. The Kier molecular flexibility index (Phi) is 7.03. The molecule has 0 atom stereocenters. The number of aromatic nitrogens is 3. The molecule has 7 heteroatoms. The number of nitrogens with zero attached hydrogens (tertiary/aromatic N) is 5. The molecule has 7 nitrogen and oxygen atoms in total. The van der Waals surface area contributed by atoms with E-state index in [1.165, 1.54) is 12.8 Å². The van der Waals surface area contributed by atoms with Crippen LogP contribution in [0.2, 0.25) is 0 Å². The second kappa shape index (κ2) is 9.68. The first-order valence-corrected chi connectivity index (χ1v) is 10.1. The molecule has 2 aromatic rings. The lowest BCUT2D eigenvalue weighted by molar-refractivity contribution is 0.115. The summed E-state index contributed by atoms with van der Waals surface area (Å²) in [5, 5.41) is 7.83. The zero-order valence-corrected chi connectivity index (χ0v) is 17.5. The summed E-state index contributed by atoms with van der Waals surface area (Å²) >= 11 is 0. The number of rotatable bonds is 9. The largest absolute Gasteiger partial charge is 0.379 e. The molecule has 152 valence electrons. The van der Waals surface area contributed by atoms with E-state index in [0.717, 1.165) is 60.9 Å². The predicted octanol–water partition coefficient (Wildman–Crippen LogP) is 2.71. The molecule has 0 amide bonds. The van der Waals surface area contributed by atoms with Crippen LogP contribution in [0.15, 0.2) is 29.4 Å². The van der Waals surface area contributed by atoms with Gasteiger partial charge in [0.05, 0.1) is 18.8 Å². The van der Waals surface area contributed by atoms with Gasteiger partial charge in [-0.05, 0) is 57.2 Å². The highest BCUT2D eigenvalue weighted by molar-refractivity contribution is 5.79. The van der Waals surface area contributed by atoms with Crippen molar-refractivity contribution in [2.75, 3.05) is 33.4 Å². The Hall–Kier alpha value is -2.41. The van der Waals surface area contributed by atoms with Crippen LogP contribution in [0.5, 0.6) is 0 Å². The lowest BCUT2D eigenvalue weighted by Gasteiger charge is -2.22. The van der Waals surface area contributed by atoms with Gasteiger partial charge in [0.2, 0.25) is 0 Å². The molecule has 2 heterocycles. The first-order valence-electron chi connectivity index (χ1n) is 10.1. The average Bonchev–Trinajstić information content (AvgIpc) is 3.45. The van der Waals surface area contributed by atoms with Gasteiger partial charge in [-0.15, -0.1) is 0 Å². The van der Waals surface area contributed by atoms with Crippen LogP contribution in [0.25, 0.3) is 5.82 Å². The van der Waals surface area contributed by atoms with Crippen molar-refractivity contribution in [3.8, 4) is 5.82 Å². The van der Waals surface area contributed by atoms with Gasteiger partial charge in [0.15, 0.2) is 11.8 Å². The lowest BCUT2D eigenvalue weighted by Crippen LogP contribution is -2.40. The van der Waals surface area contributed by atoms with Crippen molar-refractivity contribution in [2.24, 2.45) is 10.9 Å². The van der Waals surface area contributed by atoms with Crippen LogP contribution in [-0.2, 0) is 11.3 Å². The Bertz CT molecular complexity index is 779. The first kappa shape index (κ1) is 20.3. The van der Waals surface area contributed by atoms with E-state index < -0.39 is 0 Å². The third-order valence-corrected chi connectivity index (χ3v) is 4.77. The fraction of sp³-hybridized carbons (Fsp3) is 0.571. The van der Waals surface area contributed by atoms with Crippen molar-refractivity contribution in [2.45, 2.75) is 40.2 Å². The van der Waals surface area contributed by atoms with Crippen LogP contribution < -0.4 is 5.32 Å². The minimum absolute atomic E-state index is 0.583. The molecule has 1 fully saturated rings. The Morgan fingerprint density at radius 3 is 2.79 bits per heavy atom. The summed E-state index contributed by atoms with van der Waals surface area (Å²) in [6, 6.07) is 6.10. The molecule has 1 aliphatic rings. The number of pyridine rings is 1. The van der Waals surface area contributed by atoms with Crippen molar-refractivity contribution in [3.63, 3.8) is 0 Å². The van der Waals surface area contributed by atoms with Gasteiger partial charge in [-0.3, -0.25) is 0 Å². The molecule has 0 aliphatic heterocycles. The van der Waals surface area contributed by atoms with E-state index in [1.54, 1.807) is 0 Å². The Balaban J connectivity index is 1.56. The number of aryl methyl sites for hydroxylation is 2. The molecule has 28 heavy (non-hydrogen) atoms. The SMILES string of the molecule is CCNC(=NCc1ccc(-n2nc(C)cc2C)nc1)N(C)CCOCC1CC1. The molecule has 0 bridgehead atoms. The highest BCUT2D eigenvalue weighted by Crippen LogP contribution is 2.28. The van der Waals surface area contributed by atoms with E-state index in [1.807, 2.05) is 43.9 Å². The Morgan fingerprint density at radius 2 is 2.18 bits per heavy atom. The second-order valence-corrected chi connectivity index (χ2v) is 7.47. The number of likely N-dealkylation sites (N-methyl/N-ethyl adjacent to an activating group) is 1. The summed E-state index contributed by atoms with van der Waals surface area (Å²) in [6.07, 6.45) is 4.52. The smallest absolute Gasteiger partial charge is 0.194 e. The average molecular weight is 385 g/mol. The number of hydrogen-bond donors (Lipinski definition) is 1. The van der Waals surface area contributed by atoms with Gasteiger partial charge in [-0.2, -0.15) is 5.10 Å². The van der Waals surface area contributed by atoms with Crippen molar-refractivity contribution in [3.05, 3.63) is 41.3 Å². The van der Waals surface area contributed by atoms with E-state index in [-0.39, 0.29) is 0 Å².